The van der Waals surface area contributed by atoms with E-state index in [0.717, 1.165) is 19.4 Å². The van der Waals surface area contributed by atoms with Crippen LogP contribution in [-0.4, -0.2) is 26.0 Å². The van der Waals surface area contributed by atoms with Gasteiger partial charge in [0.15, 0.2) is 9.84 Å². The quantitative estimate of drug-likeness (QED) is 0.895. The Morgan fingerprint density at radius 3 is 2.88 bits per heavy atom. The molecule has 0 aliphatic carbocycles. The molecule has 1 aliphatic heterocycles. The average molecular weight is 259 g/mol. The minimum atomic E-state index is -2.80. The molecule has 0 radical (unpaired) electrons. The molecule has 0 bridgehead atoms. The third-order valence-corrected chi connectivity index (χ3v) is 6.21. The maximum Gasteiger partial charge on any atom is 0.154 e. The lowest BCUT2D eigenvalue weighted by Gasteiger charge is -2.09. The van der Waals surface area contributed by atoms with Gasteiger partial charge in [-0.15, -0.1) is 11.3 Å². The van der Waals surface area contributed by atoms with Crippen LogP contribution in [0.4, 0.5) is 0 Å². The highest BCUT2D eigenvalue weighted by Crippen LogP contribution is 2.19. The summed E-state index contributed by atoms with van der Waals surface area (Å²) in [7, 11) is -2.80. The van der Waals surface area contributed by atoms with Gasteiger partial charge in [-0.25, -0.2) is 8.42 Å². The number of hydrogen-bond donors (Lipinski definition) is 1. The number of thiophene rings is 1. The lowest BCUT2D eigenvalue weighted by molar-refractivity contribution is 0.575. The third kappa shape index (κ3) is 2.84. The largest absolute Gasteiger partial charge is 0.311 e. The summed E-state index contributed by atoms with van der Waals surface area (Å²) in [6, 6.07) is 4.18. The smallest absolute Gasteiger partial charge is 0.154 e. The third-order valence-electron chi connectivity index (χ3n) is 2.93. The van der Waals surface area contributed by atoms with E-state index in [1.54, 1.807) is 11.3 Å². The molecule has 0 amide bonds. The summed E-state index contributed by atoms with van der Waals surface area (Å²) in [4.78, 5) is 2.57. The van der Waals surface area contributed by atoms with Crippen LogP contribution in [0.25, 0.3) is 0 Å². The van der Waals surface area contributed by atoms with Gasteiger partial charge in [0.2, 0.25) is 0 Å². The Hall–Kier alpha value is -0.390. The molecule has 5 heteroatoms. The standard InChI is InChI=1S/C11H17NO2S2/c1-9-4-5-10(15-9)7-12-8-11-3-2-6-16(11,13)14/h4-5,11-12H,2-3,6-8H2,1H3/t11-/m0/s1. The minimum Gasteiger partial charge on any atom is -0.311 e. The molecule has 1 saturated heterocycles. The van der Waals surface area contributed by atoms with E-state index in [-0.39, 0.29) is 5.25 Å². The second kappa shape index (κ2) is 4.85. The van der Waals surface area contributed by atoms with Gasteiger partial charge in [-0.3, -0.25) is 0 Å². The van der Waals surface area contributed by atoms with Crippen molar-refractivity contribution in [1.29, 1.82) is 0 Å². The molecule has 0 spiro atoms. The second-order valence-electron chi connectivity index (χ2n) is 4.27. The van der Waals surface area contributed by atoms with E-state index in [9.17, 15) is 8.42 Å². The van der Waals surface area contributed by atoms with E-state index in [0.29, 0.717) is 12.3 Å². The van der Waals surface area contributed by atoms with Crippen molar-refractivity contribution in [3.63, 3.8) is 0 Å². The van der Waals surface area contributed by atoms with Crippen molar-refractivity contribution in [1.82, 2.24) is 5.32 Å². The predicted octanol–water partition coefficient (Wildman–Crippen LogP) is 1.72. The van der Waals surface area contributed by atoms with Crippen molar-refractivity contribution < 1.29 is 8.42 Å². The van der Waals surface area contributed by atoms with Gasteiger partial charge in [-0.2, -0.15) is 0 Å². The van der Waals surface area contributed by atoms with Gasteiger partial charge in [0.05, 0.1) is 11.0 Å². The molecular weight excluding hydrogens is 242 g/mol. The van der Waals surface area contributed by atoms with Gasteiger partial charge in [0, 0.05) is 22.8 Å². The fourth-order valence-electron chi connectivity index (χ4n) is 2.02. The Morgan fingerprint density at radius 2 is 2.31 bits per heavy atom. The van der Waals surface area contributed by atoms with E-state index in [2.05, 4.69) is 24.4 Å². The van der Waals surface area contributed by atoms with Crippen LogP contribution >= 0.6 is 11.3 Å². The molecule has 90 valence electrons. The Kier molecular flexibility index (Phi) is 3.66. The van der Waals surface area contributed by atoms with Crippen molar-refractivity contribution in [2.75, 3.05) is 12.3 Å². The monoisotopic (exact) mass is 259 g/mol. The highest BCUT2D eigenvalue weighted by molar-refractivity contribution is 7.92. The second-order valence-corrected chi connectivity index (χ2v) is 8.05. The summed E-state index contributed by atoms with van der Waals surface area (Å²) in [5.41, 5.74) is 0. The molecule has 1 N–H and O–H groups in total. The molecule has 16 heavy (non-hydrogen) atoms. The molecule has 2 heterocycles. The van der Waals surface area contributed by atoms with Crippen LogP contribution in [0.5, 0.6) is 0 Å². The molecule has 0 unspecified atom stereocenters. The SMILES string of the molecule is Cc1ccc(CNC[C@@H]2CCCS2(=O)=O)s1. The minimum absolute atomic E-state index is 0.159. The topological polar surface area (TPSA) is 46.2 Å². The maximum absolute atomic E-state index is 11.6. The molecule has 0 aromatic carbocycles. The molecule has 1 aromatic rings. The molecule has 1 atom stereocenters. The number of nitrogens with one attached hydrogen (secondary N) is 1. The first-order valence-electron chi connectivity index (χ1n) is 5.55. The van der Waals surface area contributed by atoms with E-state index in [1.807, 2.05) is 0 Å². The molecule has 1 fully saturated rings. The van der Waals surface area contributed by atoms with Crippen LogP contribution in [0.1, 0.15) is 22.6 Å². The summed E-state index contributed by atoms with van der Waals surface area (Å²) < 4.78 is 23.1. The first kappa shape index (κ1) is 12.1. The Labute approximate surface area is 101 Å². The Balaban J connectivity index is 1.80. The highest BCUT2D eigenvalue weighted by Gasteiger charge is 2.30. The normalized spacial score (nSPS) is 23.7. The summed E-state index contributed by atoms with van der Waals surface area (Å²) in [5, 5.41) is 3.09. The summed E-state index contributed by atoms with van der Waals surface area (Å²) in [6.45, 7) is 3.46. The summed E-state index contributed by atoms with van der Waals surface area (Å²) >= 11 is 1.76. The number of sulfone groups is 1. The van der Waals surface area contributed by atoms with Crippen molar-refractivity contribution >= 4 is 21.2 Å². The van der Waals surface area contributed by atoms with Crippen LogP contribution in [0, 0.1) is 6.92 Å². The summed E-state index contributed by atoms with van der Waals surface area (Å²) in [6.07, 6.45) is 1.64. The first-order chi connectivity index (χ1) is 7.58. The number of aryl methyl sites for hydroxylation is 1. The lowest BCUT2D eigenvalue weighted by Crippen LogP contribution is -2.29. The maximum atomic E-state index is 11.6. The van der Waals surface area contributed by atoms with Crippen LogP contribution in [0.3, 0.4) is 0 Å². The Morgan fingerprint density at radius 1 is 1.50 bits per heavy atom. The van der Waals surface area contributed by atoms with Crippen molar-refractivity contribution in [2.24, 2.45) is 0 Å². The molecule has 1 aliphatic rings. The van der Waals surface area contributed by atoms with Gasteiger partial charge in [-0.05, 0) is 31.9 Å². The zero-order chi connectivity index (χ0) is 11.6. The average Bonchev–Trinajstić information content (AvgIpc) is 2.74. The lowest BCUT2D eigenvalue weighted by atomic mass is 10.2. The van der Waals surface area contributed by atoms with Crippen molar-refractivity contribution in [2.45, 2.75) is 31.6 Å². The summed E-state index contributed by atoms with van der Waals surface area (Å²) in [5.74, 6) is 0.372. The van der Waals surface area contributed by atoms with Gasteiger partial charge < -0.3 is 5.32 Å². The number of rotatable bonds is 4. The first-order valence-corrected chi connectivity index (χ1v) is 8.09. The molecule has 0 saturated carbocycles. The number of hydrogen-bond acceptors (Lipinski definition) is 4. The Bertz CT molecular complexity index is 450. The van der Waals surface area contributed by atoms with Gasteiger partial charge in [0.1, 0.15) is 0 Å². The molecule has 2 rings (SSSR count). The zero-order valence-corrected chi connectivity index (χ0v) is 11.0. The molecular formula is C11H17NO2S2. The van der Waals surface area contributed by atoms with Gasteiger partial charge >= 0.3 is 0 Å². The van der Waals surface area contributed by atoms with E-state index in [4.69, 9.17) is 0 Å². The van der Waals surface area contributed by atoms with Crippen LogP contribution in [0.2, 0.25) is 0 Å². The molecule has 3 nitrogen and oxygen atoms in total. The van der Waals surface area contributed by atoms with E-state index < -0.39 is 9.84 Å². The highest BCUT2D eigenvalue weighted by atomic mass is 32.2. The van der Waals surface area contributed by atoms with Gasteiger partial charge in [-0.1, -0.05) is 0 Å². The van der Waals surface area contributed by atoms with Crippen molar-refractivity contribution in [3.05, 3.63) is 21.9 Å². The van der Waals surface area contributed by atoms with Crippen LogP contribution in [-0.2, 0) is 16.4 Å². The molecule has 1 aromatic heterocycles. The predicted molar refractivity (Wildman–Crippen MR) is 67.6 cm³/mol. The van der Waals surface area contributed by atoms with Gasteiger partial charge in [0.25, 0.3) is 0 Å². The zero-order valence-electron chi connectivity index (χ0n) is 9.40. The fraction of sp³-hybridized carbons (Fsp3) is 0.636. The van der Waals surface area contributed by atoms with Crippen LogP contribution < -0.4 is 5.32 Å². The van der Waals surface area contributed by atoms with Crippen LogP contribution in [0.15, 0.2) is 12.1 Å². The van der Waals surface area contributed by atoms with E-state index in [1.165, 1.54) is 9.75 Å². The van der Waals surface area contributed by atoms with Crippen molar-refractivity contribution in [3.8, 4) is 0 Å². The van der Waals surface area contributed by atoms with E-state index >= 15 is 0 Å². The fourth-order valence-corrected chi connectivity index (χ4v) is 4.68.